The number of halogens is 4. The summed E-state index contributed by atoms with van der Waals surface area (Å²) in [6.07, 6.45) is 0.226. The highest BCUT2D eigenvalue weighted by Gasteiger charge is 2.37. The van der Waals surface area contributed by atoms with E-state index in [1.165, 1.54) is 48.9 Å². The van der Waals surface area contributed by atoms with Gasteiger partial charge in [-0.2, -0.15) is 18.3 Å². The number of amides is 2. The van der Waals surface area contributed by atoms with Gasteiger partial charge >= 0.3 is 6.18 Å². The zero-order chi connectivity index (χ0) is 28.6. The lowest BCUT2D eigenvalue weighted by Gasteiger charge is -2.33. The first-order chi connectivity index (χ1) is 19.0. The monoisotopic (exact) mass is 573 g/mol. The second-order valence-electron chi connectivity index (χ2n) is 9.38. The molecule has 0 aliphatic heterocycles. The molecule has 1 aromatic carbocycles. The van der Waals surface area contributed by atoms with Gasteiger partial charge in [-0.15, -0.1) is 0 Å². The van der Waals surface area contributed by atoms with E-state index < -0.39 is 17.8 Å². The molecule has 0 saturated heterocycles. The smallest absolute Gasteiger partial charge is 0.397 e. The fourth-order valence-corrected chi connectivity index (χ4v) is 4.47. The third kappa shape index (κ3) is 5.92. The summed E-state index contributed by atoms with van der Waals surface area (Å²) in [6.45, 7) is 0. The number of benzene rings is 1. The third-order valence-corrected chi connectivity index (χ3v) is 6.58. The zero-order valence-corrected chi connectivity index (χ0v) is 21.4. The number of alkyl halides is 3. The van der Waals surface area contributed by atoms with Crippen LogP contribution in [0.2, 0.25) is 5.02 Å². The molecular weight excluding hydrogens is 551 g/mol. The minimum absolute atomic E-state index is 0.00187. The molecule has 1 saturated carbocycles. The van der Waals surface area contributed by atoms with Gasteiger partial charge in [0.2, 0.25) is 0 Å². The van der Waals surface area contributed by atoms with Crippen molar-refractivity contribution in [3.8, 4) is 5.82 Å². The predicted octanol–water partition coefficient (Wildman–Crippen LogP) is 3.31. The van der Waals surface area contributed by atoms with Gasteiger partial charge in [0, 0.05) is 47.8 Å². The van der Waals surface area contributed by atoms with Crippen LogP contribution in [0.5, 0.6) is 0 Å². The molecule has 0 atom stereocenters. The summed E-state index contributed by atoms with van der Waals surface area (Å²) in [7, 11) is 0. The van der Waals surface area contributed by atoms with Crippen LogP contribution in [0.3, 0.4) is 0 Å². The Labute approximate surface area is 230 Å². The molecule has 4 aromatic rings. The molecule has 1 fully saturated rings. The van der Waals surface area contributed by atoms with Crippen LogP contribution in [0.1, 0.15) is 50.8 Å². The van der Waals surface area contributed by atoms with Crippen LogP contribution in [-0.2, 0) is 12.6 Å². The molecule has 3 aromatic heterocycles. The van der Waals surface area contributed by atoms with Gasteiger partial charge in [-0.05, 0) is 43.2 Å². The number of nitrogens with two attached hydrogens (primary N) is 2. The van der Waals surface area contributed by atoms with Gasteiger partial charge in [-0.3, -0.25) is 9.59 Å². The van der Waals surface area contributed by atoms with E-state index >= 15 is 0 Å². The molecule has 3 heterocycles. The first-order valence-corrected chi connectivity index (χ1v) is 12.4. The molecule has 7 N–H and O–H groups in total. The number of aromatic nitrogens is 5. The van der Waals surface area contributed by atoms with Crippen molar-refractivity contribution in [2.45, 2.75) is 37.5 Å². The van der Waals surface area contributed by atoms with Gasteiger partial charge in [-0.25, -0.2) is 14.6 Å². The number of hydrogen-bond donors (Lipinski definition) is 5. The quantitative estimate of drug-likeness (QED) is 0.226. The van der Waals surface area contributed by atoms with Gasteiger partial charge in [0.15, 0.2) is 17.3 Å². The SMILES string of the molecule is Nc1ccc(-n2cc(Cc3cnc(C(=O)Nc4ccc(C(=O)NC5CC(N)C5)c(Cl)c4)[nH]3)c(C(F)(F)F)n2)nc1. The molecule has 5 rings (SSSR count). The lowest BCUT2D eigenvalue weighted by molar-refractivity contribution is -0.141. The lowest BCUT2D eigenvalue weighted by atomic mass is 9.87. The Morgan fingerprint density at radius 3 is 2.55 bits per heavy atom. The average Bonchev–Trinajstić information content (AvgIpc) is 3.51. The predicted molar refractivity (Wildman–Crippen MR) is 140 cm³/mol. The van der Waals surface area contributed by atoms with E-state index in [0.29, 0.717) is 24.2 Å². The van der Waals surface area contributed by atoms with Crippen LogP contribution >= 0.6 is 11.6 Å². The minimum atomic E-state index is -4.72. The molecule has 0 radical (unpaired) electrons. The first kappa shape index (κ1) is 27.1. The van der Waals surface area contributed by atoms with Crippen molar-refractivity contribution in [2.24, 2.45) is 5.73 Å². The molecule has 2 amide bonds. The maximum Gasteiger partial charge on any atom is 0.435 e. The summed E-state index contributed by atoms with van der Waals surface area (Å²) in [6, 6.07) is 7.42. The van der Waals surface area contributed by atoms with E-state index in [2.05, 4.69) is 30.7 Å². The van der Waals surface area contributed by atoms with Crippen LogP contribution in [0.4, 0.5) is 24.5 Å². The van der Waals surface area contributed by atoms with Gasteiger partial charge in [0.05, 0.1) is 22.5 Å². The lowest BCUT2D eigenvalue weighted by Crippen LogP contribution is -2.50. The Hall–Kier alpha value is -4.43. The summed E-state index contributed by atoms with van der Waals surface area (Å²) < 4.78 is 42.1. The number of nitrogens with one attached hydrogen (secondary N) is 3. The molecule has 208 valence electrons. The number of pyridine rings is 1. The Bertz CT molecular complexity index is 1560. The van der Waals surface area contributed by atoms with Crippen molar-refractivity contribution in [1.29, 1.82) is 0 Å². The largest absolute Gasteiger partial charge is 0.435 e. The molecule has 40 heavy (non-hydrogen) atoms. The average molecular weight is 574 g/mol. The van der Waals surface area contributed by atoms with E-state index in [4.69, 9.17) is 23.1 Å². The van der Waals surface area contributed by atoms with E-state index in [-0.39, 0.29) is 57.9 Å². The number of carbonyl (C=O) groups excluding carboxylic acids is 2. The van der Waals surface area contributed by atoms with Gasteiger partial charge in [0.1, 0.15) is 0 Å². The number of aromatic amines is 1. The van der Waals surface area contributed by atoms with Crippen LogP contribution in [0, 0.1) is 0 Å². The summed E-state index contributed by atoms with van der Waals surface area (Å²) >= 11 is 6.26. The number of hydrogen-bond acceptors (Lipinski definition) is 7. The normalized spacial score (nSPS) is 16.8. The van der Waals surface area contributed by atoms with Gasteiger partial charge < -0.3 is 27.1 Å². The number of imidazole rings is 1. The highest BCUT2D eigenvalue weighted by atomic mass is 35.5. The van der Waals surface area contributed by atoms with E-state index in [0.717, 1.165) is 4.68 Å². The van der Waals surface area contributed by atoms with E-state index in [1.807, 2.05) is 0 Å². The van der Waals surface area contributed by atoms with Crippen LogP contribution in [0.25, 0.3) is 5.82 Å². The number of anilines is 2. The molecular formula is C25H23ClF3N9O2. The van der Waals surface area contributed by atoms with Gasteiger partial charge in [-0.1, -0.05) is 11.6 Å². The minimum Gasteiger partial charge on any atom is -0.397 e. The topological polar surface area (TPSA) is 170 Å². The van der Waals surface area contributed by atoms with Crippen molar-refractivity contribution in [1.82, 2.24) is 30.0 Å². The molecule has 1 aliphatic carbocycles. The molecule has 15 heteroatoms. The van der Waals surface area contributed by atoms with Crippen molar-refractivity contribution in [3.05, 3.63) is 82.3 Å². The van der Waals surface area contributed by atoms with Crippen molar-refractivity contribution >= 4 is 34.8 Å². The molecule has 0 unspecified atom stereocenters. The van der Waals surface area contributed by atoms with Crippen molar-refractivity contribution in [3.63, 3.8) is 0 Å². The number of carbonyl (C=O) groups is 2. The molecule has 0 spiro atoms. The number of nitrogen functional groups attached to an aromatic ring is 1. The van der Waals surface area contributed by atoms with Gasteiger partial charge in [0.25, 0.3) is 11.8 Å². The fourth-order valence-electron chi connectivity index (χ4n) is 4.21. The second kappa shape index (κ2) is 10.6. The highest BCUT2D eigenvalue weighted by molar-refractivity contribution is 6.34. The van der Waals surface area contributed by atoms with Crippen molar-refractivity contribution < 1.29 is 22.8 Å². The number of H-pyrrole nitrogens is 1. The summed E-state index contributed by atoms with van der Waals surface area (Å²) in [4.78, 5) is 35.9. The summed E-state index contributed by atoms with van der Waals surface area (Å²) in [5.41, 5.74) is 11.2. The maximum atomic E-state index is 13.7. The Kier molecular flexibility index (Phi) is 7.21. The van der Waals surface area contributed by atoms with E-state index in [9.17, 15) is 22.8 Å². The number of rotatable bonds is 7. The summed E-state index contributed by atoms with van der Waals surface area (Å²) in [5.74, 6) is -0.967. The highest BCUT2D eigenvalue weighted by Crippen LogP contribution is 2.32. The Morgan fingerprint density at radius 2 is 1.90 bits per heavy atom. The second-order valence-corrected chi connectivity index (χ2v) is 9.79. The first-order valence-electron chi connectivity index (χ1n) is 12.0. The maximum absolute atomic E-state index is 13.7. The fraction of sp³-hybridized carbons (Fsp3) is 0.240. The van der Waals surface area contributed by atoms with Crippen LogP contribution in [0.15, 0.2) is 48.9 Å². The Balaban J connectivity index is 1.27. The van der Waals surface area contributed by atoms with Crippen LogP contribution in [-0.4, -0.2) is 48.6 Å². The summed E-state index contributed by atoms with van der Waals surface area (Å²) in [5, 5.41) is 9.23. The van der Waals surface area contributed by atoms with Crippen LogP contribution < -0.4 is 22.1 Å². The number of nitrogens with zero attached hydrogens (tertiary/aromatic N) is 4. The third-order valence-electron chi connectivity index (χ3n) is 6.27. The molecule has 0 bridgehead atoms. The standard InChI is InChI=1S/C25H23ClF3N9O2/c26-19-8-15(2-3-18(19)23(39)36-16-6-14(31)7-16)35-24(40)22-33-10-17(34-22)5-12-11-38(37-21(12)25(27,28)29)20-4-1-13(30)9-32-20/h1-4,8-11,14,16H,5-7,30-31H2,(H,33,34)(H,35,40)(H,36,39). The molecule has 1 aliphatic rings. The molecule has 11 nitrogen and oxygen atoms in total. The van der Waals surface area contributed by atoms with E-state index in [1.54, 1.807) is 0 Å². The Morgan fingerprint density at radius 1 is 1.12 bits per heavy atom. The van der Waals surface area contributed by atoms with Crippen molar-refractivity contribution in [2.75, 3.05) is 11.1 Å². The zero-order valence-electron chi connectivity index (χ0n) is 20.7.